The van der Waals surface area contributed by atoms with Crippen LogP contribution in [0.3, 0.4) is 0 Å². The molecule has 0 fully saturated rings. The maximum atomic E-state index is 12.1. The second-order valence-electron chi connectivity index (χ2n) is 1.79. The van der Waals surface area contributed by atoms with E-state index in [-0.39, 0.29) is 5.82 Å². The van der Waals surface area contributed by atoms with Crippen LogP contribution in [0.5, 0.6) is 0 Å². The van der Waals surface area contributed by atoms with Gasteiger partial charge in [0, 0.05) is 0 Å². The first kappa shape index (κ1) is 5.28. The van der Waals surface area contributed by atoms with Gasteiger partial charge in [-0.2, -0.15) is 9.07 Å². The molecule has 1 rings (SSSR count). The first-order valence-corrected chi connectivity index (χ1v) is 2.38. The molecule has 2 nitrogen and oxygen atoms in total. The van der Waals surface area contributed by atoms with E-state index in [0.717, 1.165) is 0 Å². The van der Waals surface area contributed by atoms with Crippen molar-refractivity contribution in [3.8, 4) is 0 Å². The highest BCUT2D eigenvalue weighted by molar-refractivity contribution is 4.76. The van der Waals surface area contributed by atoms with Gasteiger partial charge in [0.15, 0.2) is 7.05 Å². The Morgan fingerprint density at radius 2 is 2.38 bits per heavy atom. The van der Waals surface area contributed by atoms with Crippen LogP contribution in [-0.4, -0.2) is 4.68 Å². The first-order chi connectivity index (χ1) is 3.70. The van der Waals surface area contributed by atoms with Gasteiger partial charge in [-0.05, 0) is 0 Å². The monoisotopic (exact) mass is 115 g/mol. The fourth-order valence-electron chi connectivity index (χ4n) is 0.572. The molecule has 0 N–H and O–H groups in total. The van der Waals surface area contributed by atoms with Gasteiger partial charge in [0.25, 0.3) is 0 Å². The molecular weight excluding hydrogens is 107 g/mol. The molecule has 0 aromatic carbocycles. The quantitative estimate of drug-likeness (QED) is 0.420. The van der Waals surface area contributed by atoms with Gasteiger partial charge >= 0.3 is 0 Å². The SMILES string of the molecule is Cn1cc(F)c[n+]1C. The normalized spacial score (nSPS) is 9.88. The molecule has 0 amide bonds. The summed E-state index contributed by atoms with van der Waals surface area (Å²) in [7, 11) is 3.56. The molecule has 1 heterocycles. The summed E-state index contributed by atoms with van der Waals surface area (Å²) in [5, 5.41) is 0. The summed E-state index contributed by atoms with van der Waals surface area (Å²) < 4.78 is 15.5. The minimum Gasteiger partial charge on any atom is -0.198 e. The highest BCUT2D eigenvalue weighted by atomic mass is 19.1. The molecule has 0 aliphatic rings. The van der Waals surface area contributed by atoms with Crippen molar-refractivity contribution in [3.63, 3.8) is 0 Å². The van der Waals surface area contributed by atoms with Crippen molar-refractivity contribution in [1.29, 1.82) is 0 Å². The Morgan fingerprint density at radius 1 is 1.75 bits per heavy atom. The smallest absolute Gasteiger partial charge is 0.198 e. The van der Waals surface area contributed by atoms with Crippen LogP contribution in [0.1, 0.15) is 0 Å². The van der Waals surface area contributed by atoms with Gasteiger partial charge in [-0.15, -0.1) is 4.68 Å². The number of rotatable bonds is 0. The Hall–Kier alpha value is -0.860. The number of halogens is 1. The van der Waals surface area contributed by atoms with Gasteiger partial charge in [-0.3, -0.25) is 0 Å². The van der Waals surface area contributed by atoms with E-state index in [1.165, 1.54) is 12.4 Å². The van der Waals surface area contributed by atoms with Gasteiger partial charge in [-0.1, -0.05) is 0 Å². The van der Waals surface area contributed by atoms with Gasteiger partial charge in [0.05, 0.1) is 7.05 Å². The molecule has 44 valence electrons. The Bertz CT molecular complexity index is 173. The molecule has 0 aliphatic carbocycles. The van der Waals surface area contributed by atoms with Gasteiger partial charge < -0.3 is 0 Å². The van der Waals surface area contributed by atoms with Gasteiger partial charge in [0.2, 0.25) is 12.0 Å². The van der Waals surface area contributed by atoms with Gasteiger partial charge in [0.1, 0.15) is 6.20 Å². The summed E-state index contributed by atoms with van der Waals surface area (Å²) in [5.41, 5.74) is 0. The number of aryl methyl sites for hydroxylation is 2. The zero-order valence-corrected chi connectivity index (χ0v) is 4.93. The zero-order chi connectivity index (χ0) is 6.15. The molecular formula is C5H8FN2+. The lowest BCUT2D eigenvalue weighted by Gasteiger charge is -1.81. The molecule has 3 heteroatoms. The summed E-state index contributed by atoms with van der Waals surface area (Å²) in [6.45, 7) is 0. The van der Waals surface area contributed by atoms with Crippen LogP contribution in [0.25, 0.3) is 0 Å². The molecule has 1 aromatic heterocycles. The van der Waals surface area contributed by atoms with Gasteiger partial charge in [-0.25, -0.2) is 0 Å². The second-order valence-corrected chi connectivity index (χ2v) is 1.79. The molecule has 0 saturated heterocycles. The van der Waals surface area contributed by atoms with E-state index in [4.69, 9.17) is 0 Å². The highest BCUT2D eigenvalue weighted by Gasteiger charge is 2.01. The summed E-state index contributed by atoms with van der Waals surface area (Å²) in [4.78, 5) is 0. The van der Waals surface area contributed by atoms with E-state index < -0.39 is 0 Å². The largest absolute Gasteiger partial charge is 0.230 e. The van der Waals surface area contributed by atoms with Crippen molar-refractivity contribution in [2.24, 2.45) is 14.1 Å². The average Bonchev–Trinajstić information content (AvgIpc) is 1.85. The molecule has 0 saturated carbocycles. The predicted octanol–water partition coefficient (Wildman–Crippen LogP) is -0.0113. The molecule has 0 spiro atoms. The van der Waals surface area contributed by atoms with Crippen molar-refractivity contribution in [1.82, 2.24) is 4.68 Å². The van der Waals surface area contributed by atoms with Crippen molar-refractivity contribution in [2.75, 3.05) is 0 Å². The topological polar surface area (TPSA) is 8.81 Å². The number of aromatic nitrogens is 2. The Labute approximate surface area is 47.1 Å². The summed E-state index contributed by atoms with van der Waals surface area (Å²) >= 11 is 0. The van der Waals surface area contributed by atoms with E-state index in [9.17, 15) is 4.39 Å². The highest BCUT2D eigenvalue weighted by Crippen LogP contribution is 1.86. The minimum atomic E-state index is -0.199. The molecule has 8 heavy (non-hydrogen) atoms. The van der Waals surface area contributed by atoms with Crippen LogP contribution in [0, 0.1) is 5.82 Å². The average molecular weight is 115 g/mol. The Balaban J connectivity index is 3.14. The molecule has 1 aromatic rings. The molecule has 0 aliphatic heterocycles. The lowest BCUT2D eigenvalue weighted by molar-refractivity contribution is -0.751. The maximum absolute atomic E-state index is 12.1. The Kier molecular flexibility index (Phi) is 1.04. The van der Waals surface area contributed by atoms with E-state index >= 15 is 0 Å². The van der Waals surface area contributed by atoms with E-state index in [1.807, 2.05) is 0 Å². The number of nitrogens with zero attached hydrogens (tertiary/aromatic N) is 2. The summed E-state index contributed by atoms with van der Waals surface area (Å²) in [6.07, 6.45) is 2.83. The first-order valence-electron chi connectivity index (χ1n) is 2.38. The lowest BCUT2D eigenvalue weighted by atomic mass is 10.7. The second kappa shape index (κ2) is 1.58. The fraction of sp³-hybridized carbons (Fsp3) is 0.400. The lowest BCUT2D eigenvalue weighted by Crippen LogP contribution is -2.35. The van der Waals surface area contributed by atoms with Crippen molar-refractivity contribution in [3.05, 3.63) is 18.2 Å². The predicted molar refractivity (Wildman–Crippen MR) is 26.5 cm³/mol. The van der Waals surface area contributed by atoms with Crippen molar-refractivity contribution < 1.29 is 9.07 Å². The van der Waals surface area contributed by atoms with Crippen LogP contribution in [0.2, 0.25) is 0 Å². The van der Waals surface area contributed by atoms with E-state index in [2.05, 4.69) is 0 Å². The molecule has 0 radical (unpaired) electrons. The van der Waals surface area contributed by atoms with E-state index in [0.29, 0.717) is 0 Å². The Morgan fingerprint density at radius 3 is 2.50 bits per heavy atom. The molecule has 0 unspecified atom stereocenters. The zero-order valence-electron chi connectivity index (χ0n) is 4.93. The number of hydrogen-bond donors (Lipinski definition) is 0. The standard InChI is InChI=1S/C5H8FN2/c1-7-3-5(6)4-8(7)2/h3-4H,1-2H3/q+1. The summed E-state index contributed by atoms with van der Waals surface area (Å²) in [6, 6.07) is 0. The molecule has 0 bridgehead atoms. The third-order valence-electron chi connectivity index (χ3n) is 1.12. The third kappa shape index (κ3) is 0.710. The van der Waals surface area contributed by atoms with Crippen LogP contribution in [-0.2, 0) is 14.1 Å². The number of hydrogen-bond acceptors (Lipinski definition) is 0. The van der Waals surface area contributed by atoms with Crippen LogP contribution >= 0.6 is 0 Å². The van der Waals surface area contributed by atoms with Crippen molar-refractivity contribution in [2.45, 2.75) is 0 Å². The van der Waals surface area contributed by atoms with Crippen LogP contribution in [0.4, 0.5) is 4.39 Å². The summed E-state index contributed by atoms with van der Waals surface area (Å²) in [5.74, 6) is -0.199. The minimum absolute atomic E-state index is 0.199. The van der Waals surface area contributed by atoms with Crippen LogP contribution < -0.4 is 4.68 Å². The van der Waals surface area contributed by atoms with E-state index in [1.54, 1.807) is 23.5 Å². The fourth-order valence-corrected chi connectivity index (χ4v) is 0.572. The molecule has 0 atom stereocenters. The maximum Gasteiger partial charge on any atom is 0.230 e. The third-order valence-corrected chi connectivity index (χ3v) is 1.12. The van der Waals surface area contributed by atoms with Crippen molar-refractivity contribution >= 4 is 0 Å². The van der Waals surface area contributed by atoms with Crippen LogP contribution in [0.15, 0.2) is 12.4 Å².